The first-order valence-corrected chi connectivity index (χ1v) is 24.0. The second-order valence-corrected chi connectivity index (χ2v) is 21.7. The summed E-state index contributed by atoms with van der Waals surface area (Å²) >= 11 is 1.43. The monoisotopic (exact) mass is 943 g/mol. The number of hydrogen-bond donors (Lipinski definition) is 3. The van der Waals surface area contributed by atoms with Gasteiger partial charge in [-0.15, -0.1) is 11.3 Å². The van der Waals surface area contributed by atoms with E-state index in [0.717, 1.165) is 33.8 Å². The Labute approximate surface area is 383 Å². The second kappa shape index (κ2) is 18.3. The Bertz CT molecular complexity index is 2580. The van der Waals surface area contributed by atoms with E-state index < -0.39 is 86.7 Å². The van der Waals surface area contributed by atoms with E-state index >= 15 is 4.79 Å². The third kappa shape index (κ3) is 10.2. The molecule has 0 spiro atoms. The van der Waals surface area contributed by atoms with Crippen LogP contribution in [0.15, 0.2) is 41.8 Å². The fourth-order valence-electron chi connectivity index (χ4n) is 8.26. The molecule has 3 heterocycles. The molecule has 2 fully saturated rings. The first-order chi connectivity index (χ1) is 30.2. The summed E-state index contributed by atoms with van der Waals surface area (Å²) in [4.78, 5) is 54.9. The zero-order chi connectivity index (χ0) is 48.1. The lowest BCUT2D eigenvalue weighted by atomic mass is 9.85. The molecule has 3 N–H and O–H groups in total. The highest BCUT2D eigenvalue weighted by Gasteiger charge is 2.63. The Morgan fingerprint density at radius 1 is 1.05 bits per heavy atom. The van der Waals surface area contributed by atoms with Crippen LogP contribution in [0.1, 0.15) is 97.4 Å². The van der Waals surface area contributed by atoms with Crippen LogP contribution < -0.4 is 24.8 Å². The molecule has 19 heteroatoms. The Morgan fingerprint density at radius 2 is 1.74 bits per heavy atom. The van der Waals surface area contributed by atoms with E-state index in [4.69, 9.17) is 19.4 Å². The van der Waals surface area contributed by atoms with Gasteiger partial charge in [0.15, 0.2) is 0 Å². The fourth-order valence-corrected chi connectivity index (χ4v) is 9.80. The number of pyridine rings is 1. The summed E-state index contributed by atoms with van der Waals surface area (Å²) in [5, 5.41) is 9.14. The van der Waals surface area contributed by atoms with Crippen molar-refractivity contribution in [3.05, 3.63) is 64.4 Å². The summed E-state index contributed by atoms with van der Waals surface area (Å²) < 4.78 is 85.8. The molecule has 2 aliphatic rings. The van der Waals surface area contributed by atoms with E-state index in [-0.39, 0.29) is 36.9 Å². The maximum Gasteiger partial charge on any atom is 0.303 e. The highest BCUT2D eigenvalue weighted by molar-refractivity contribution is 7.87. The van der Waals surface area contributed by atoms with E-state index in [9.17, 15) is 31.2 Å². The van der Waals surface area contributed by atoms with Crippen molar-refractivity contribution in [1.29, 1.82) is 0 Å². The van der Waals surface area contributed by atoms with Crippen LogP contribution in [-0.2, 0) is 30.5 Å². The highest BCUT2D eigenvalue weighted by Crippen LogP contribution is 2.49. The van der Waals surface area contributed by atoms with Crippen LogP contribution in [0.2, 0.25) is 0 Å². The second-order valence-electron chi connectivity index (χ2n) is 19.0. The van der Waals surface area contributed by atoms with E-state index in [1.807, 2.05) is 46.1 Å². The molecule has 2 aromatic carbocycles. The molecule has 6 rings (SSSR count). The number of thiazole rings is 1. The lowest BCUT2D eigenvalue weighted by Crippen LogP contribution is -2.59. The number of nitrogens with one attached hydrogen (secondary N) is 3. The van der Waals surface area contributed by atoms with Crippen molar-refractivity contribution in [3.8, 4) is 22.2 Å². The summed E-state index contributed by atoms with van der Waals surface area (Å²) in [5.41, 5.74) is -0.398. The Hall–Kier alpha value is -5.01. The molecule has 2 aromatic heterocycles. The minimum absolute atomic E-state index is 0.0609. The van der Waals surface area contributed by atoms with Gasteiger partial charge in [-0.1, -0.05) is 55.4 Å². The first-order valence-electron chi connectivity index (χ1n) is 21.7. The van der Waals surface area contributed by atoms with Gasteiger partial charge < -0.3 is 25.0 Å². The van der Waals surface area contributed by atoms with Crippen LogP contribution >= 0.6 is 11.3 Å². The molecular weight excluding hydrogens is 884 g/mol. The topological polar surface area (TPSA) is 172 Å². The Kier molecular flexibility index (Phi) is 13.9. The summed E-state index contributed by atoms with van der Waals surface area (Å²) in [6, 6.07) is 5.81. The van der Waals surface area contributed by atoms with Crippen molar-refractivity contribution in [3.63, 3.8) is 0 Å². The van der Waals surface area contributed by atoms with Gasteiger partial charge in [-0.05, 0) is 66.8 Å². The van der Waals surface area contributed by atoms with Crippen molar-refractivity contribution >= 4 is 55.9 Å². The number of ether oxygens (including phenoxy) is 2. The van der Waals surface area contributed by atoms with Crippen LogP contribution in [0.4, 0.5) is 18.9 Å². The number of rotatable bonds is 16. The minimum Gasteiger partial charge on any atom is -0.496 e. The number of aromatic nitrogens is 2. The van der Waals surface area contributed by atoms with Gasteiger partial charge >= 0.3 is 10.2 Å². The third-order valence-electron chi connectivity index (χ3n) is 12.3. The SMILES string of the molecule is CCC(F)(F)c1cc(F)cc(NC(C(=O)N2CC(Oc3cc(-c4nc(C(C)C)cs4)nc4c(C)c(OC)ccc34)CC2C(=O)NC2(C(=O)NS(=O)(=O)N(C)C)CC2C(C)C)C(C)(C)C)c1. The van der Waals surface area contributed by atoms with Gasteiger partial charge in [0.05, 0.1) is 24.9 Å². The van der Waals surface area contributed by atoms with Crippen LogP contribution in [0.25, 0.3) is 21.6 Å². The smallest absolute Gasteiger partial charge is 0.303 e. The molecular formula is C46H60F3N7O7S2. The molecule has 3 amide bonds. The average molecular weight is 944 g/mol. The van der Waals surface area contributed by atoms with Crippen molar-refractivity contribution in [2.75, 3.05) is 33.1 Å². The molecule has 1 aliphatic heterocycles. The maximum absolute atomic E-state index is 15.1. The number of anilines is 1. The highest BCUT2D eigenvalue weighted by atomic mass is 32.2. The van der Waals surface area contributed by atoms with Crippen LogP contribution in [0, 0.1) is 30.0 Å². The van der Waals surface area contributed by atoms with E-state index in [2.05, 4.69) is 15.4 Å². The molecule has 1 saturated heterocycles. The van der Waals surface area contributed by atoms with Gasteiger partial charge in [-0.3, -0.25) is 14.4 Å². The summed E-state index contributed by atoms with van der Waals surface area (Å²) in [5.74, 6) is -5.93. The number of fused-ring (bicyclic) bond motifs is 1. The number of alkyl halides is 2. The zero-order valence-corrected chi connectivity index (χ0v) is 40.6. The quantitative estimate of drug-likeness (QED) is 0.101. The number of hydrogen-bond acceptors (Lipinski definition) is 11. The van der Waals surface area contributed by atoms with Gasteiger partial charge in [-0.25, -0.2) is 27.9 Å². The van der Waals surface area contributed by atoms with Gasteiger partial charge in [-0.2, -0.15) is 12.7 Å². The summed E-state index contributed by atoms with van der Waals surface area (Å²) in [6.45, 7) is 16.1. The van der Waals surface area contributed by atoms with Crippen LogP contribution in [-0.4, -0.2) is 96.8 Å². The Morgan fingerprint density at radius 3 is 2.31 bits per heavy atom. The number of likely N-dealkylation sites (tertiary alicyclic amines) is 1. The first kappa shape index (κ1) is 49.4. The molecule has 5 unspecified atom stereocenters. The standard InChI is InChI=1S/C46H60F3N7O7S2/c1-13-46(48,49)27-16-28(47)18-29(17-27)50-39(44(7,8)9)42(58)56-22-30(19-35(56)40(57)53-45(21-32(45)24(2)3)43(59)54-65(60,61)55(10)11)63-37-20-33(41-52-34(23-64-41)25(4)5)51-38-26(6)36(62-12)15-14-31(37)38/h14-18,20,23-25,30,32,35,39,50H,13,19,21-22H2,1-12H3,(H,53,57)(H,54,59). The number of aryl methyl sites for hydroxylation is 1. The van der Waals surface area contributed by atoms with E-state index in [1.54, 1.807) is 40.0 Å². The molecule has 1 saturated carbocycles. The van der Waals surface area contributed by atoms with E-state index in [1.165, 1.54) is 37.3 Å². The summed E-state index contributed by atoms with van der Waals surface area (Å²) in [6.07, 6.45) is -1.33. The van der Waals surface area contributed by atoms with Gasteiger partial charge in [0.2, 0.25) is 11.8 Å². The summed E-state index contributed by atoms with van der Waals surface area (Å²) in [7, 11) is -0.144. The van der Waals surface area contributed by atoms with Crippen molar-refractivity contribution in [2.45, 2.75) is 117 Å². The lowest BCUT2D eigenvalue weighted by Gasteiger charge is -2.36. The predicted molar refractivity (Wildman–Crippen MR) is 245 cm³/mol. The van der Waals surface area contributed by atoms with Crippen molar-refractivity contribution in [1.82, 2.24) is 29.2 Å². The van der Waals surface area contributed by atoms with E-state index in [0.29, 0.717) is 33.1 Å². The van der Waals surface area contributed by atoms with Crippen LogP contribution in [0.5, 0.6) is 11.5 Å². The van der Waals surface area contributed by atoms with Gasteiger partial charge in [0.1, 0.15) is 51.7 Å². The van der Waals surface area contributed by atoms with Crippen molar-refractivity contribution in [2.24, 2.45) is 17.3 Å². The largest absolute Gasteiger partial charge is 0.496 e. The normalized spacial score (nSPS) is 20.6. The molecule has 4 aromatic rings. The molecule has 1 aliphatic carbocycles. The number of amides is 3. The van der Waals surface area contributed by atoms with Crippen molar-refractivity contribution < 1.29 is 45.4 Å². The molecule has 65 heavy (non-hydrogen) atoms. The molecule has 14 nitrogen and oxygen atoms in total. The number of halogens is 3. The number of methoxy groups -OCH3 is 1. The minimum atomic E-state index is -4.24. The van der Waals surface area contributed by atoms with Gasteiger partial charge in [0.25, 0.3) is 11.8 Å². The zero-order valence-electron chi connectivity index (χ0n) is 38.9. The Balaban J connectivity index is 1.42. The number of benzene rings is 2. The van der Waals surface area contributed by atoms with Gasteiger partial charge in [0, 0.05) is 60.6 Å². The number of carbonyl (C=O) groups excluding carboxylic acids is 3. The number of nitrogens with zero attached hydrogens (tertiary/aromatic N) is 4. The number of carbonyl (C=O) groups is 3. The molecule has 0 radical (unpaired) electrons. The fraction of sp³-hybridized carbons (Fsp3) is 0.543. The molecule has 0 bridgehead atoms. The molecule has 354 valence electrons. The maximum atomic E-state index is 15.1. The van der Waals surface area contributed by atoms with Crippen LogP contribution in [0.3, 0.4) is 0 Å². The average Bonchev–Trinajstić information content (AvgIpc) is 3.51. The predicted octanol–water partition coefficient (Wildman–Crippen LogP) is 7.77. The third-order valence-corrected chi connectivity index (χ3v) is 14.6. The lowest BCUT2D eigenvalue weighted by molar-refractivity contribution is -0.141. The molecule has 5 atom stereocenters.